The summed E-state index contributed by atoms with van der Waals surface area (Å²) in [5, 5.41) is 4.60. The van der Waals surface area contributed by atoms with Gasteiger partial charge in [0.05, 0.1) is 0 Å². The molecule has 0 fully saturated rings. The van der Waals surface area contributed by atoms with Gasteiger partial charge in [0.1, 0.15) is 6.54 Å². The van der Waals surface area contributed by atoms with Gasteiger partial charge in [-0.1, -0.05) is 48.0 Å². The number of aromatic nitrogens is 1. The highest BCUT2D eigenvalue weighted by molar-refractivity contribution is 6.35. The highest BCUT2D eigenvalue weighted by Gasteiger charge is 2.07. The summed E-state index contributed by atoms with van der Waals surface area (Å²) in [6.45, 7) is 0.830. The number of fused-ring (bicyclic) bond motifs is 1. The van der Waals surface area contributed by atoms with Crippen LogP contribution in [0.4, 0.5) is 0 Å². The van der Waals surface area contributed by atoms with E-state index in [1.54, 1.807) is 0 Å². The van der Waals surface area contributed by atoms with Gasteiger partial charge >= 0.3 is 0 Å². The first-order valence-corrected chi connectivity index (χ1v) is 7.16. The highest BCUT2D eigenvalue weighted by atomic mass is 35.5. The molecule has 0 spiro atoms. The average molecular weight is 299 g/mol. The number of hydrogen-bond acceptors (Lipinski definition) is 1. The third-order valence-electron chi connectivity index (χ3n) is 3.41. The van der Waals surface area contributed by atoms with Crippen LogP contribution in [-0.2, 0) is 17.9 Å². The lowest BCUT2D eigenvalue weighted by molar-refractivity contribution is -0.121. The third-order valence-corrected chi connectivity index (χ3v) is 3.74. The summed E-state index contributed by atoms with van der Waals surface area (Å²) < 4.78 is 1.90. The molecule has 3 aromatic rings. The predicted octanol–water partition coefficient (Wildman–Crippen LogP) is 3.61. The smallest absolute Gasteiger partial charge is 0.240 e. The maximum Gasteiger partial charge on any atom is 0.240 e. The van der Waals surface area contributed by atoms with E-state index in [0.29, 0.717) is 11.6 Å². The molecule has 0 saturated carbocycles. The molecular formula is C17H15ClN2O. The predicted molar refractivity (Wildman–Crippen MR) is 85.2 cm³/mol. The molecule has 0 bridgehead atoms. The van der Waals surface area contributed by atoms with Crippen molar-refractivity contribution < 1.29 is 4.79 Å². The van der Waals surface area contributed by atoms with Crippen LogP contribution in [0.15, 0.2) is 60.8 Å². The van der Waals surface area contributed by atoms with E-state index in [4.69, 9.17) is 11.6 Å². The number of nitrogens with one attached hydrogen (secondary N) is 1. The number of amides is 1. The number of benzene rings is 2. The van der Waals surface area contributed by atoms with Gasteiger partial charge in [-0.05, 0) is 23.8 Å². The minimum absolute atomic E-state index is 0.0173. The van der Waals surface area contributed by atoms with Crippen LogP contribution in [0.2, 0.25) is 5.02 Å². The minimum atomic E-state index is -0.0173. The summed E-state index contributed by atoms with van der Waals surface area (Å²) in [6, 6.07) is 17.5. The van der Waals surface area contributed by atoms with Crippen molar-refractivity contribution in [2.45, 2.75) is 13.1 Å². The van der Waals surface area contributed by atoms with Crippen molar-refractivity contribution in [1.82, 2.24) is 9.88 Å². The lowest BCUT2D eigenvalue weighted by Gasteiger charge is -2.07. The van der Waals surface area contributed by atoms with Gasteiger partial charge in [-0.3, -0.25) is 4.79 Å². The first-order valence-electron chi connectivity index (χ1n) is 6.78. The van der Waals surface area contributed by atoms with Crippen LogP contribution in [0.3, 0.4) is 0 Å². The molecule has 0 radical (unpaired) electrons. The fraction of sp³-hybridized carbons (Fsp3) is 0.118. The molecule has 1 heterocycles. The Morgan fingerprint density at radius 3 is 2.67 bits per heavy atom. The maximum atomic E-state index is 12.0. The van der Waals surface area contributed by atoms with E-state index in [-0.39, 0.29) is 12.5 Å². The van der Waals surface area contributed by atoms with E-state index < -0.39 is 0 Å². The molecule has 0 atom stereocenters. The summed E-state index contributed by atoms with van der Waals surface area (Å²) in [4.78, 5) is 12.0. The van der Waals surface area contributed by atoms with Crippen molar-refractivity contribution in [3.8, 4) is 0 Å². The molecule has 1 amide bonds. The Hall–Kier alpha value is -2.26. The van der Waals surface area contributed by atoms with Crippen LogP contribution in [-0.4, -0.2) is 10.5 Å². The number of carbonyl (C=O) groups is 1. The van der Waals surface area contributed by atoms with E-state index in [2.05, 4.69) is 5.32 Å². The molecule has 0 aliphatic heterocycles. The van der Waals surface area contributed by atoms with E-state index in [1.807, 2.05) is 65.4 Å². The van der Waals surface area contributed by atoms with Crippen LogP contribution in [0.25, 0.3) is 10.9 Å². The quantitative estimate of drug-likeness (QED) is 0.784. The van der Waals surface area contributed by atoms with Crippen molar-refractivity contribution in [1.29, 1.82) is 0 Å². The molecule has 4 heteroatoms. The van der Waals surface area contributed by atoms with Gasteiger partial charge in [-0.15, -0.1) is 0 Å². The SMILES string of the molecule is O=C(Cn1ccc2c(Cl)cccc21)NCc1ccccc1. The first kappa shape index (κ1) is 13.7. The van der Waals surface area contributed by atoms with Crippen LogP contribution in [0.5, 0.6) is 0 Å². The van der Waals surface area contributed by atoms with E-state index in [9.17, 15) is 4.79 Å². The summed E-state index contributed by atoms with van der Waals surface area (Å²) in [7, 11) is 0. The monoisotopic (exact) mass is 298 g/mol. The minimum Gasteiger partial charge on any atom is -0.350 e. The summed E-state index contributed by atoms with van der Waals surface area (Å²) >= 11 is 6.13. The Morgan fingerprint density at radius 2 is 1.86 bits per heavy atom. The van der Waals surface area contributed by atoms with Gasteiger partial charge in [0.2, 0.25) is 5.91 Å². The lowest BCUT2D eigenvalue weighted by atomic mass is 10.2. The number of nitrogens with zero attached hydrogens (tertiary/aromatic N) is 1. The van der Waals surface area contributed by atoms with Crippen LogP contribution >= 0.6 is 11.6 Å². The molecule has 0 unspecified atom stereocenters. The van der Waals surface area contributed by atoms with E-state index >= 15 is 0 Å². The topological polar surface area (TPSA) is 34.0 Å². The van der Waals surface area contributed by atoms with Crippen LogP contribution in [0, 0.1) is 0 Å². The van der Waals surface area contributed by atoms with Gasteiger partial charge in [0, 0.05) is 28.7 Å². The zero-order valence-electron chi connectivity index (χ0n) is 11.4. The largest absolute Gasteiger partial charge is 0.350 e. The van der Waals surface area contributed by atoms with Gasteiger partial charge in [-0.2, -0.15) is 0 Å². The number of halogens is 1. The Bertz CT molecular complexity index is 765. The molecule has 1 aromatic heterocycles. The first-order chi connectivity index (χ1) is 10.2. The molecule has 2 aromatic carbocycles. The molecule has 3 rings (SSSR count). The fourth-order valence-electron chi connectivity index (χ4n) is 2.33. The van der Waals surface area contributed by atoms with Crippen molar-refractivity contribution in [2.24, 2.45) is 0 Å². The molecule has 0 aliphatic carbocycles. The molecule has 1 N–H and O–H groups in total. The molecule has 0 aliphatic rings. The molecule has 3 nitrogen and oxygen atoms in total. The summed E-state index contributed by atoms with van der Waals surface area (Å²) in [5.74, 6) is -0.0173. The molecule has 0 saturated heterocycles. The molecular weight excluding hydrogens is 284 g/mol. The van der Waals surface area contributed by atoms with E-state index in [1.165, 1.54) is 0 Å². The van der Waals surface area contributed by atoms with Gasteiger partial charge in [0.15, 0.2) is 0 Å². The summed E-state index contributed by atoms with van der Waals surface area (Å²) in [6.07, 6.45) is 1.89. The van der Waals surface area contributed by atoms with Crippen molar-refractivity contribution in [3.63, 3.8) is 0 Å². The maximum absolute atomic E-state index is 12.0. The second-order valence-electron chi connectivity index (χ2n) is 4.88. The zero-order chi connectivity index (χ0) is 14.7. The fourth-order valence-corrected chi connectivity index (χ4v) is 2.56. The Labute approximate surface area is 128 Å². The normalized spacial score (nSPS) is 10.7. The lowest BCUT2D eigenvalue weighted by Crippen LogP contribution is -2.26. The Morgan fingerprint density at radius 1 is 1.05 bits per heavy atom. The van der Waals surface area contributed by atoms with Crippen LogP contribution in [0.1, 0.15) is 5.56 Å². The van der Waals surface area contributed by atoms with E-state index in [0.717, 1.165) is 16.5 Å². The Balaban J connectivity index is 1.68. The second kappa shape index (κ2) is 6.02. The second-order valence-corrected chi connectivity index (χ2v) is 5.29. The standard InChI is InChI=1S/C17H15ClN2O/c18-15-7-4-8-16-14(15)9-10-20(16)12-17(21)19-11-13-5-2-1-3-6-13/h1-10H,11-12H2,(H,19,21). The third kappa shape index (κ3) is 3.09. The molecule has 106 valence electrons. The van der Waals surface area contributed by atoms with Crippen LogP contribution < -0.4 is 5.32 Å². The van der Waals surface area contributed by atoms with Crippen molar-refractivity contribution in [3.05, 3.63) is 71.4 Å². The Kier molecular flexibility index (Phi) is 3.93. The number of rotatable bonds is 4. The highest BCUT2D eigenvalue weighted by Crippen LogP contribution is 2.23. The number of carbonyl (C=O) groups excluding carboxylic acids is 1. The van der Waals surface area contributed by atoms with Gasteiger partial charge in [-0.25, -0.2) is 0 Å². The zero-order valence-corrected chi connectivity index (χ0v) is 12.2. The van der Waals surface area contributed by atoms with Crippen molar-refractivity contribution in [2.75, 3.05) is 0 Å². The summed E-state index contributed by atoms with van der Waals surface area (Å²) in [5.41, 5.74) is 2.06. The van der Waals surface area contributed by atoms with Crippen molar-refractivity contribution >= 4 is 28.4 Å². The van der Waals surface area contributed by atoms with Gasteiger partial charge < -0.3 is 9.88 Å². The average Bonchev–Trinajstić information content (AvgIpc) is 2.91. The molecule has 21 heavy (non-hydrogen) atoms. The van der Waals surface area contributed by atoms with Gasteiger partial charge in [0.25, 0.3) is 0 Å². The number of hydrogen-bond donors (Lipinski definition) is 1.